The largest absolute Gasteiger partial charge is 0.322 e. The summed E-state index contributed by atoms with van der Waals surface area (Å²) in [5.41, 5.74) is 3.96. The van der Waals surface area contributed by atoms with Crippen molar-refractivity contribution in [2.45, 2.75) is 25.8 Å². The van der Waals surface area contributed by atoms with E-state index >= 15 is 0 Å². The molecular formula is C25H27N3O2. The topological polar surface area (TPSA) is 61.4 Å². The van der Waals surface area contributed by atoms with Crippen LogP contribution >= 0.6 is 0 Å². The highest BCUT2D eigenvalue weighted by atomic mass is 16.2. The number of hydrogen-bond acceptors (Lipinski definition) is 3. The van der Waals surface area contributed by atoms with Gasteiger partial charge in [0.2, 0.25) is 0 Å². The molecule has 5 heteroatoms. The van der Waals surface area contributed by atoms with Gasteiger partial charge in [-0.25, -0.2) is 0 Å². The number of benzene rings is 2. The Bertz CT molecular complexity index is 1010. The van der Waals surface area contributed by atoms with E-state index in [1.807, 2.05) is 43.1 Å². The van der Waals surface area contributed by atoms with Crippen molar-refractivity contribution in [3.8, 4) is 0 Å². The third-order valence-electron chi connectivity index (χ3n) is 6.03. The highest BCUT2D eigenvalue weighted by molar-refractivity contribution is 6.05. The summed E-state index contributed by atoms with van der Waals surface area (Å²) in [5.74, 6) is 0.182. The van der Waals surface area contributed by atoms with Gasteiger partial charge in [0.1, 0.15) is 0 Å². The van der Waals surface area contributed by atoms with Gasteiger partial charge in [0, 0.05) is 41.0 Å². The Labute approximate surface area is 177 Å². The van der Waals surface area contributed by atoms with Crippen LogP contribution in [-0.4, -0.2) is 36.3 Å². The molecule has 1 saturated heterocycles. The van der Waals surface area contributed by atoms with E-state index in [4.69, 9.17) is 0 Å². The van der Waals surface area contributed by atoms with Crippen molar-refractivity contribution in [2.75, 3.05) is 18.9 Å². The first kappa shape index (κ1) is 20.1. The number of fused-ring (bicyclic) bond motifs is 1. The lowest BCUT2D eigenvalue weighted by Gasteiger charge is -2.41. The summed E-state index contributed by atoms with van der Waals surface area (Å²) < 4.78 is 0. The molecule has 1 aliphatic heterocycles. The number of anilines is 1. The smallest absolute Gasteiger partial charge is 0.258 e. The molecule has 2 N–H and O–H groups in total. The normalized spacial score (nSPS) is 20.3. The number of amides is 2. The molecule has 0 aromatic heterocycles. The Morgan fingerprint density at radius 1 is 1.07 bits per heavy atom. The SMILES string of the molecule is CNC1CCN(C(=O)c2ccc(NC(=O)c3ccccc3C)cc2)C2=CC=CCC21. The average molecular weight is 402 g/mol. The van der Waals surface area contributed by atoms with E-state index < -0.39 is 0 Å². The number of nitrogens with zero attached hydrogens (tertiary/aromatic N) is 1. The minimum absolute atomic E-state index is 0.00730. The fourth-order valence-corrected chi connectivity index (χ4v) is 4.34. The molecule has 1 heterocycles. The summed E-state index contributed by atoms with van der Waals surface area (Å²) in [6.45, 7) is 2.61. The average Bonchev–Trinajstić information content (AvgIpc) is 2.78. The number of piperidine rings is 1. The van der Waals surface area contributed by atoms with Crippen LogP contribution in [0.5, 0.6) is 0 Å². The lowest BCUT2D eigenvalue weighted by Crippen LogP contribution is -2.49. The Morgan fingerprint density at radius 3 is 2.57 bits per heavy atom. The minimum Gasteiger partial charge on any atom is -0.322 e. The number of rotatable bonds is 4. The van der Waals surface area contributed by atoms with Crippen LogP contribution in [0.2, 0.25) is 0 Å². The highest BCUT2D eigenvalue weighted by Gasteiger charge is 2.35. The van der Waals surface area contributed by atoms with Crippen LogP contribution in [0.1, 0.15) is 39.1 Å². The first-order valence-electron chi connectivity index (χ1n) is 10.4. The number of likely N-dealkylation sites (tertiary alicyclic amines) is 1. The summed E-state index contributed by atoms with van der Waals surface area (Å²) >= 11 is 0. The van der Waals surface area contributed by atoms with Gasteiger partial charge < -0.3 is 15.5 Å². The molecule has 1 fully saturated rings. The quantitative estimate of drug-likeness (QED) is 0.809. The Hall–Kier alpha value is -3.18. The predicted molar refractivity (Wildman–Crippen MR) is 119 cm³/mol. The minimum atomic E-state index is -0.150. The Morgan fingerprint density at radius 2 is 1.83 bits per heavy atom. The van der Waals surface area contributed by atoms with E-state index in [-0.39, 0.29) is 11.8 Å². The van der Waals surface area contributed by atoms with Crippen molar-refractivity contribution in [2.24, 2.45) is 5.92 Å². The maximum atomic E-state index is 13.2. The summed E-state index contributed by atoms with van der Waals surface area (Å²) in [6.07, 6.45) is 8.15. The molecule has 0 bridgehead atoms. The van der Waals surface area contributed by atoms with Crippen LogP contribution < -0.4 is 10.6 Å². The van der Waals surface area contributed by atoms with Crippen molar-refractivity contribution in [3.05, 3.63) is 89.1 Å². The molecule has 2 atom stereocenters. The van der Waals surface area contributed by atoms with E-state index in [1.165, 1.54) is 0 Å². The zero-order chi connectivity index (χ0) is 21.1. The maximum Gasteiger partial charge on any atom is 0.258 e. The third kappa shape index (κ3) is 3.94. The van der Waals surface area contributed by atoms with Crippen LogP contribution in [0.3, 0.4) is 0 Å². The fourth-order valence-electron chi connectivity index (χ4n) is 4.34. The second kappa shape index (κ2) is 8.67. The predicted octanol–water partition coefficient (Wildman–Crippen LogP) is 4.14. The molecule has 0 radical (unpaired) electrons. The fraction of sp³-hybridized carbons (Fsp3) is 0.280. The van der Waals surface area contributed by atoms with Gasteiger partial charge in [-0.15, -0.1) is 0 Å². The summed E-state index contributed by atoms with van der Waals surface area (Å²) in [7, 11) is 1.99. The van der Waals surface area contributed by atoms with Crippen molar-refractivity contribution in [1.29, 1.82) is 0 Å². The van der Waals surface area contributed by atoms with E-state index in [2.05, 4.69) is 22.8 Å². The zero-order valence-electron chi connectivity index (χ0n) is 17.4. The van der Waals surface area contributed by atoms with Crippen LogP contribution in [0, 0.1) is 12.8 Å². The van der Waals surface area contributed by atoms with Gasteiger partial charge in [0.05, 0.1) is 0 Å². The van der Waals surface area contributed by atoms with E-state index in [0.717, 1.165) is 24.1 Å². The molecule has 1 aliphatic carbocycles. The number of allylic oxidation sites excluding steroid dienone is 3. The third-order valence-corrected chi connectivity index (χ3v) is 6.03. The molecule has 5 nitrogen and oxygen atoms in total. The first-order chi connectivity index (χ1) is 14.6. The number of carbonyl (C=O) groups excluding carboxylic acids is 2. The lowest BCUT2D eigenvalue weighted by molar-refractivity contribution is 0.0736. The van der Waals surface area contributed by atoms with E-state index in [0.29, 0.717) is 35.3 Å². The van der Waals surface area contributed by atoms with Crippen LogP contribution in [0.15, 0.2) is 72.5 Å². The molecular weight excluding hydrogens is 374 g/mol. The molecule has 0 saturated carbocycles. The molecule has 30 heavy (non-hydrogen) atoms. The van der Waals surface area contributed by atoms with Gasteiger partial charge in [0.15, 0.2) is 0 Å². The summed E-state index contributed by atoms with van der Waals surface area (Å²) in [4.78, 5) is 27.6. The second-order valence-electron chi connectivity index (χ2n) is 7.85. The highest BCUT2D eigenvalue weighted by Crippen LogP contribution is 2.33. The van der Waals surface area contributed by atoms with Gasteiger partial charge in [-0.1, -0.05) is 30.4 Å². The number of nitrogens with one attached hydrogen (secondary N) is 2. The van der Waals surface area contributed by atoms with Crippen LogP contribution in [-0.2, 0) is 0 Å². The second-order valence-corrected chi connectivity index (χ2v) is 7.85. The summed E-state index contributed by atoms with van der Waals surface area (Å²) in [5, 5.41) is 6.30. The molecule has 2 amide bonds. The van der Waals surface area contributed by atoms with Gasteiger partial charge in [-0.3, -0.25) is 9.59 Å². The Kier molecular flexibility index (Phi) is 5.81. The van der Waals surface area contributed by atoms with Crippen LogP contribution in [0.25, 0.3) is 0 Å². The number of carbonyl (C=O) groups is 2. The van der Waals surface area contributed by atoms with Crippen molar-refractivity contribution in [3.63, 3.8) is 0 Å². The molecule has 2 unspecified atom stereocenters. The van der Waals surface area contributed by atoms with Gasteiger partial charge in [0.25, 0.3) is 11.8 Å². The zero-order valence-corrected chi connectivity index (χ0v) is 17.4. The van der Waals surface area contributed by atoms with Gasteiger partial charge in [-0.05, 0) is 68.8 Å². The van der Waals surface area contributed by atoms with Crippen molar-refractivity contribution < 1.29 is 9.59 Å². The number of hydrogen-bond donors (Lipinski definition) is 2. The van der Waals surface area contributed by atoms with E-state index in [9.17, 15) is 9.59 Å². The maximum absolute atomic E-state index is 13.2. The van der Waals surface area contributed by atoms with Crippen molar-refractivity contribution in [1.82, 2.24) is 10.2 Å². The summed E-state index contributed by atoms with van der Waals surface area (Å²) in [6, 6.07) is 15.0. The first-order valence-corrected chi connectivity index (χ1v) is 10.4. The van der Waals surface area contributed by atoms with Crippen molar-refractivity contribution >= 4 is 17.5 Å². The number of aryl methyl sites for hydroxylation is 1. The molecule has 4 rings (SSSR count). The molecule has 0 spiro atoms. The Balaban J connectivity index is 1.48. The van der Waals surface area contributed by atoms with Gasteiger partial charge in [-0.2, -0.15) is 0 Å². The van der Waals surface area contributed by atoms with E-state index in [1.54, 1.807) is 30.3 Å². The molecule has 2 aromatic carbocycles. The molecule has 2 aliphatic rings. The monoisotopic (exact) mass is 401 g/mol. The van der Waals surface area contributed by atoms with Crippen LogP contribution in [0.4, 0.5) is 5.69 Å². The van der Waals surface area contributed by atoms with Gasteiger partial charge >= 0.3 is 0 Å². The molecule has 154 valence electrons. The standard InChI is InChI=1S/C25H27N3O2/c1-17-7-3-4-8-20(17)24(29)27-19-13-11-18(12-14-19)25(30)28-16-15-22(26-2)21-9-5-6-10-23(21)28/h3-8,10-14,21-22,26H,9,15-16H2,1-2H3,(H,27,29). The molecule has 2 aromatic rings. The lowest BCUT2D eigenvalue weighted by atomic mass is 9.83.